The van der Waals surface area contributed by atoms with E-state index in [0.29, 0.717) is 10.6 Å². The number of aryl methyl sites for hydroxylation is 2. The monoisotopic (exact) mass is 290 g/mol. The molecule has 2 aromatic carbocycles. The van der Waals surface area contributed by atoms with E-state index >= 15 is 0 Å². The lowest BCUT2D eigenvalue weighted by atomic mass is 10.1. The highest BCUT2D eigenvalue weighted by atomic mass is 35.5. The molecule has 0 atom stereocenters. The molecular formula is C16H15ClOS. The Bertz CT molecular complexity index is 635. The Morgan fingerprint density at radius 2 is 1.84 bits per heavy atom. The first-order valence-corrected chi connectivity index (χ1v) is 7.22. The van der Waals surface area contributed by atoms with Crippen LogP contribution in [0.4, 0.5) is 0 Å². The zero-order chi connectivity index (χ0) is 14.0. The van der Waals surface area contributed by atoms with E-state index in [-0.39, 0.29) is 5.78 Å². The smallest absolute Gasteiger partial charge is 0.161 e. The van der Waals surface area contributed by atoms with Gasteiger partial charge in [-0.05, 0) is 50.6 Å². The third kappa shape index (κ3) is 3.40. The molecule has 98 valence electrons. The van der Waals surface area contributed by atoms with Gasteiger partial charge >= 0.3 is 0 Å². The van der Waals surface area contributed by atoms with Crippen molar-refractivity contribution in [2.24, 2.45) is 0 Å². The summed E-state index contributed by atoms with van der Waals surface area (Å²) < 4.78 is 0. The number of halogens is 1. The van der Waals surface area contributed by atoms with E-state index in [1.807, 2.05) is 12.1 Å². The highest BCUT2D eigenvalue weighted by molar-refractivity contribution is 7.99. The molecule has 0 amide bonds. The number of carbonyl (C=O) groups excluding carboxylic acids is 1. The molecule has 1 nitrogen and oxygen atoms in total. The minimum atomic E-state index is -0.00642. The molecule has 0 unspecified atom stereocenters. The van der Waals surface area contributed by atoms with E-state index in [0.717, 1.165) is 4.90 Å². The van der Waals surface area contributed by atoms with Gasteiger partial charge in [0.25, 0.3) is 0 Å². The molecule has 0 aliphatic heterocycles. The molecule has 0 aliphatic rings. The Kier molecular flexibility index (Phi) is 4.33. The number of ketones is 1. The zero-order valence-electron chi connectivity index (χ0n) is 11.2. The van der Waals surface area contributed by atoms with E-state index in [2.05, 4.69) is 32.0 Å². The lowest BCUT2D eigenvalue weighted by Gasteiger charge is -2.08. The number of carbonyl (C=O) groups is 1. The third-order valence-corrected chi connectivity index (χ3v) is 4.36. The lowest BCUT2D eigenvalue weighted by molar-refractivity contribution is 0.101. The largest absolute Gasteiger partial charge is 0.294 e. The van der Waals surface area contributed by atoms with Gasteiger partial charge < -0.3 is 0 Å². The fourth-order valence-electron chi connectivity index (χ4n) is 1.89. The summed E-state index contributed by atoms with van der Waals surface area (Å²) in [7, 11) is 0. The Balaban J connectivity index is 2.29. The van der Waals surface area contributed by atoms with Crippen LogP contribution >= 0.6 is 23.4 Å². The van der Waals surface area contributed by atoms with Crippen LogP contribution in [0.25, 0.3) is 0 Å². The minimum absolute atomic E-state index is 0.00642. The fourth-order valence-corrected chi connectivity index (χ4v) is 3.19. The molecule has 0 aliphatic carbocycles. The number of hydrogen-bond acceptors (Lipinski definition) is 2. The maximum Gasteiger partial charge on any atom is 0.161 e. The summed E-state index contributed by atoms with van der Waals surface area (Å²) >= 11 is 7.78. The van der Waals surface area contributed by atoms with Crippen LogP contribution in [0.3, 0.4) is 0 Å². The minimum Gasteiger partial charge on any atom is -0.294 e. The molecule has 2 aromatic rings. The highest BCUT2D eigenvalue weighted by Gasteiger charge is 2.08. The third-order valence-electron chi connectivity index (χ3n) is 2.88. The molecule has 0 spiro atoms. The van der Waals surface area contributed by atoms with Crippen molar-refractivity contribution < 1.29 is 4.79 Å². The molecule has 0 saturated heterocycles. The van der Waals surface area contributed by atoms with Crippen LogP contribution in [0, 0.1) is 13.8 Å². The summed E-state index contributed by atoms with van der Waals surface area (Å²) in [5.41, 5.74) is 3.08. The van der Waals surface area contributed by atoms with Gasteiger partial charge in [-0.1, -0.05) is 41.1 Å². The molecule has 0 saturated carbocycles. The molecular weight excluding hydrogens is 276 g/mol. The van der Waals surface area contributed by atoms with Gasteiger partial charge in [0.2, 0.25) is 0 Å². The van der Waals surface area contributed by atoms with Gasteiger partial charge in [-0.2, -0.15) is 0 Å². The number of hydrogen-bond donors (Lipinski definition) is 0. The molecule has 0 N–H and O–H groups in total. The number of benzene rings is 2. The molecule has 0 heterocycles. The molecule has 3 heteroatoms. The topological polar surface area (TPSA) is 17.1 Å². The van der Waals surface area contributed by atoms with E-state index < -0.39 is 0 Å². The quantitative estimate of drug-likeness (QED) is 0.713. The summed E-state index contributed by atoms with van der Waals surface area (Å²) in [5, 5.41) is 0.516. The van der Waals surface area contributed by atoms with Gasteiger partial charge in [-0.15, -0.1) is 0 Å². The standard InChI is InChI=1S/C16H15ClOS/c1-10-4-7-16(11(2)8-10)19-13-5-6-14(12(3)18)15(17)9-13/h4-9H,1-3H3. The average Bonchev–Trinajstić information content (AvgIpc) is 2.32. The van der Waals surface area contributed by atoms with Crippen molar-refractivity contribution in [3.63, 3.8) is 0 Å². The normalized spacial score (nSPS) is 10.5. The summed E-state index contributed by atoms with van der Waals surface area (Å²) in [5.74, 6) is -0.00642. The molecule has 0 aromatic heterocycles. The van der Waals surface area contributed by atoms with Crippen molar-refractivity contribution >= 4 is 29.1 Å². The molecule has 19 heavy (non-hydrogen) atoms. The van der Waals surface area contributed by atoms with Crippen molar-refractivity contribution in [1.29, 1.82) is 0 Å². The second-order valence-electron chi connectivity index (χ2n) is 4.57. The second-order valence-corrected chi connectivity index (χ2v) is 6.09. The second kappa shape index (κ2) is 5.81. The summed E-state index contributed by atoms with van der Waals surface area (Å²) in [6, 6.07) is 11.9. The summed E-state index contributed by atoms with van der Waals surface area (Å²) in [4.78, 5) is 13.6. The lowest BCUT2D eigenvalue weighted by Crippen LogP contribution is -1.93. The molecule has 0 radical (unpaired) electrons. The van der Waals surface area contributed by atoms with Crippen LogP contribution in [0.15, 0.2) is 46.2 Å². The van der Waals surface area contributed by atoms with Crippen LogP contribution in [0.1, 0.15) is 28.4 Å². The Labute approximate surface area is 123 Å². The first-order valence-electron chi connectivity index (χ1n) is 6.03. The maximum absolute atomic E-state index is 11.3. The van der Waals surface area contributed by atoms with Crippen molar-refractivity contribution in [2.75, 3.05) is 0 Å². The van der Waals surface area contributed by atoms with Gasteiger partial charge in [-0.3, -0.25) is 4.79 Å². The van der Waals surface area contributed by atoms with Crippen LogP contribution in [-0.4, -0.2) is 5.78 Å². The predicted octanol–water partition coefficient (Wildman–Crippen LogP) is 5.31. The fraction of sp³-hybridized carbons (Fsp3) is 0.188. The van der Waals surface area contributed by atoms with E-state index in [9.17, 15) is 4.79 Å². The average molecular weight is 291 g/mol. The van der Waals surface area contributed by atoms with Gasteiger partial charge in [0.15, 0.2) is 5.78 Å². The zero-order valence-corrected chi connectivity index (χ0v) is 12.7. The van der Waals surface area contributed by atoms with Gasteiger partial charge in [0, 0.05) is 15.4 Å². The Morgan fingerprint density at radius 3 is 2.42 bits per heavy atom. The van der Waals surface area contributed by atoms with E-state index in [1.165, 1.54) is 22.9 Å². The number of Topliss-reactive ketones (excluding diaryl/α,β-unsaturated/α-hetero) is 1. The summed E-state index contributed by atoms with van der Waals surface area (Å²) in [6.07, 6.45) is 0. The van der Waals surface area contributed by atoms with Crippen molar-refractivity contribution in [3.05, 3.63) is 58.1 Å². The van der Waals surface area contributed by atoms with Crippen molar-refractivity contribution in [1.82, 2.24) is 0 Å². The summed E-state index contributed by atoms with van der Waals surface area (Å²) in [6.45, 7) is 5.71. The van der Waals surface area contributed by atoms with Gasteiger partial charge in [0.05, 0.1) is 5.02 Å². The van der Waals surface area contributed by atoms with Crippen LogP contribution in [0.2, 0.25) is 5.02 Å². The van der Waals surface area contributed by atoms with E-state index in [4.69, 9.17) is 11.6 Å². The van der Waals surface area contributed by atoms with Gasteiger partial charge in [0.1, 0.15) is 0 Å². The highest BCUT2D eigenvalue weighted by Crippen LogP contribution is 2.33. The number of rotatable bonds is 3. The molecule has 2 rings (SSSR count). The Morgan fingerprint density at radius 1 is 1.11 bits per heavy atom. The molecule has 0 bridgehead atoms. The SMILES string of the molecule is CC(=O)c1ccc(Sc2ccc(C)cc2C)cc1Cl. The van der Waals surface area contributed by atoms with Crippen LogP contribution < -0.4 is 0 Å². The first-order chi connectivity index (χ1) is 8.97. The van der Waals surface area contributed by atoms with Crippen molar-refractivity contribution in [2.45, 2.75) is 30.6 Å². The maximum atomic E-state index is 11.3. The first kappa shape index (κ1) is 14.2. The van der Waals surface area contributed by atoms with Crippen LogP contribution in [0.5, 0.6) is 0 Å². The van der Waals surface area contributed by atoms with Crippen molar-refractivity contribution in [3.8, 4) is 0 Å². The molecule has 0 fully saturated rings. The van der Waals surface area contributed by atoms with Crippen LogP contribution in [-0.2, 0) is 0 Å². The van der Waals surface area contributed by atoms with Gasteiger partial charge in [-0.25, -0.2) is 0 Å². The predicted molar refractivity (Wildman–Crippen MR) is 81.5 cm³/mol. The Hall–Kier alpha value is -1.25. The van der Waals surface area contributed by atoms with E-state index in [1.54, 1.807) is 17.8 Å².